The van der Waals surface area contributed by atoms with Gasteiger partial charge < -0.3 is 10.2 Å². The molecule has 1 N–H and O–H groups in total. The SMILES string of the molecule is CCCSSCCC(=O)NCCCCCC(=O)ON1C(=O)CCC1=O. The van der Waals surface area contributed by atoms with Crippen LogP contribution in [0.1, 0.15) is 58.3 Å². The molecule has 0 spiro atoms. The molecule has 9 heteroatoms. The first kappa shape index (κ1) is 21.8. The van der Waals surface area contributed by atoms with Crippen LogP contribution in [0.25, 0.3) is 0 Å². The van der Waals surface area contributed by atoms with Crippen LogP contribution in [0.2, 0.25) is 0 Å². The summed E-state index contributed by atoms with van der Waals surface area (Å²) >= 11 is 0. The fraction of sp³-hybridized carbons (Fsp3) is 0.750. The molecule has 1 saturated heterocycles. The van der Waals surface area contributed by atoms with Gasteiger partial charge in [-0.05, 0) is 19.3 Å². The van der Waals surface area contributed by atoms with Gasteiger partial charge in [-0.2, -0.15) is 0 Å². The number of rotatable bonds is 13. The molecule has 7 nitrogen and oxygen atoms in total. The Bertz CT molecular complexity index is 457. The van der Waals surface area contributed by atoms with Crippen LogP contribution in [0.5, 0.6) is 0 Å². The van der Waals surface area contributed by atoms with E-state index in [0.717, 1.165) is 30.8 Å². The van der Waals surface area contributed by atoms with Crippen molar-refractivity contribution in [3.8, 4) is 0 Å². The van der Waals surface area contributed by atoms with E-state index in [4.69, 9.17) is 4.84 Å². The lowest BCUT2D eigenvalue weighted by atomic mass is 10.2. The number of nitrogens with zero attached hydrogens (tertiary/aromatic N) is 1. The van der Waals surface area contributed by atoms with Gasteiger partial charge in [0, 0.05) is 43.7 Å². The lowest BCUT2D eigenvalue weighted by Gasteiger charge is -2.12. The Morgan fingerprint density at radius 2 is 1.72 bits per heavy atom. The molecule has 0 unspecified atom stereocenters. The molecule has 1 fully saturated rings. The molecule has 0 radical (unpaired) electrons. The number of amides is 3. The number of hydrogen-bond acceptors (Lipinski definition) is 7. The van der Waals surface area contributed by atoms with Crippen molar-refractivity contribution in [1.29, 1.82) is 0 Å². The first-order valence-electron chi connectivity index (χ1n) is 8.62. The lowest BCUT2D eigenvalue weighted by Crippen LogP contribution is -2.31. The van der Waals surface area contributed by atoms with E-state index in [9.17, 15) is 19.2 Å². The molecule has 1 rings (SSSR count). The van der Waals surface area contributed by atoms with Crippen LogP contribution < -0.4 is 5.32 Å². The highest BCUT2D eigenvalue weighted by molar-refractivity contribution is 8.76. The molecule has 0 aromatic carbocycles. The molecule has 1 heterocycles. The number of hydrogen-bond donors (Lipinski definition) is 1. The molecule has 0 aromatic rings. The van der Waals surface area contributed by atoms with Gasteiger partial charge in [0.15, 0.2) is 0 Å². The van der Waals surface area contributed by atoms with Crippen LogP contribution in [0.15, 0.2) is 0 Å². The Hall–Kier alpha value is -1.22. The smallest absolute Gasteiger partial charge is 0.333 e. The zero-order chi connectivity index (χ0) is 18.5. The standard InChI is InChI=1S/C16H26N2O5S2/c1-2-11-24-25-12-9-13(19)17-10-5-3-4-6-16(22)23-18-14(20)7-8-15(18)21/h2-12H2,1H3,(H,17,19). The highest BCUT2D eigenvalue weighted by Gasteiger charge is 2.32. The van der Waals surface area contributed by atoms with Crippen LogP contribution in [0.3, 0.4) is 0 Å². The van der Waals surface area contributed by atoms with Crippen molar-refractivity contribution in [2.45, 2.75) is 58.3 Å². The third kappa shape index (κ3) is 9.74. The molecule has 1 aliphatic rings. The third-order valence-electron chi connectivity index (χ3n) is 3.36. The zero-order valence-electron chi connectivity index (χ0n) is 14.6. The van der Waals surface area contributed by atoms with Gasteiger partial charge in [0.05, 0.1) is 0 Å². The average molecular weight is 391 g/mol. The second kappa shape index (κ2) is 13.0. The highest BCUT2D eigenvalue weighted by atomic mass is 33.1. The molecule has 0 bridgehead atoms. The summed E-state index contributed by atoms with van der Waals surface area (Å²) in [6.45, 7) is 2.72. The molecule has 1 aliphatic heterocycles. The van der Waals surface area contributed by atoms with E-state index in [1.54, 1.807) is 21.6 Å². The summed E-state index contributed by atoms with van der Waals surface area (Å²) in [4.78, 5) is 50.6. The minimum atomic E-state index is -0.575. The van der Waals surface area contributed by atoms with E-state index < -0.39 is 17.8 Å². The predicted octanol–water partition coefficient (Wildman–Crippen LogP) is 2.45. The van der Waals surface area contributed by atoms with Gasteiger partial charge in [0.2, 0.25) is 5.91 Å². The fourth-order valence-electron chi connectivity index (χ4n) is 2.03. The summed E-state index contributed by atoms with van der Waals surface area (Å²) < 4.78 is 0. The molecule has 0 saturated carbocycles. The maximum atomic E-state index is 11.6. The number of unbranched alkanes of at least 4 members (excludes halogenated alkanes) is 2. The number of carbonyl (C=O) groups is 4. The molecule has 0 atom stereocenters. The Morgan fingerprint density at radius 3 is 2.40 bits per heavy atom. The van der Waals surface area contributed by atoms with Gasteiger partial charge in [0.1, 0.15) is 0 Å². The normalized spacial score (nSPS) is 14.0. The molecule has 3 amide bonds. The fourth-order valence-corrected chi connectivity index (χ4v) is 4.16. The largest absolute Gasteiger partial charge is 0.356 e. The molecule has 142 valence electrons. The topological polar surface area (TPSA) is 92.8 Å². The Balaban J connectivity index is 1.95. The van der Waals surface area contributed by atoms with Crippen LogP contribution in [-0.2, 0) is 24.0 Å². The van der Waals surface area contributed by atoms with E-state index in [2.05, 4.69) is 12.2 Å². The van der Waals surface area contributed by atoms with Crippen molar-refractivity contribution in [2.75, 3.05) is 18.1 Å². The van der Waals surface area contributed by atoms with Gasteiger partial charge in [-0.1, -0.05) is 34.9 Å². The summed E-state index contributed by atoms with van der Waals surface area (Å²) in [5.74, 6) is 0.467. The van der Waals surface area contributed by atoms with E-state index >= 15 is 0 Å². The quantitative estimate of drug-likeness (QED) is 0.293. The van der Waals surface area contributed by atoms with Gasteiger partial charge >= 0.3 is 5.97 Å². The van der Waals surface area contributed by atoms with Crippen molar-refractivity contribution in [3.63, 3.8) is 0 Å². The van der Waals surface area contributed by atoms with E-state index in [1.165, 1.54) is 0 Å². The monoisotopic (exact) mass is 390 g/mol. The summed E-state index contributed by atoms with van der Waals surface area (Å²) in [5.41, 5.74) is 0. The second-order valence-electron chi connectivity index (χ2n) is 5.60. The maximum absolute atomic E-state index is 11.6. The van der Waals surface area contributed by atoms with Crippen LogP contribution in [-0.4, -0.2) is 46.8 Å². The van der Waals surface area contributed by atoms with E-state index in [0.29, 0.717) is 24.4 Å². The van der Waals surface area contributed by atoms with Gasteiger partial charge in [-0.25, -0.2) is 4.79 Å². The number of carbonyl (C=O) groups excluding carboxylic acids is 4. The van der Waals surface area contributed by atoms with E-state index in [1.807, 2.05) is 0 Å². The van der Waals surface area contributed by atoms with Crippen molar-refractivity contribution in [2.24, 2.45) is 0 Å². The van der Waals surface area contributed by atoms with Crippen LogP contribution in [0.4, 0.5) is 0 Å². The molecule has 0 aliphatic carbocycles. The minimum Gasteiger partial charge on any atom is -0.356 e. The van der Waals surface area contributed by atoms with Crippen molar-refractivity contribution < 1.29 is 24.0 Å². The van der Waals surface area contributed by atoms with Crippen molar-refractivity contribution in [3.05, 3.63) is 0 Å². The van der Waals surface area contributed by atoms with Crippen molar-refractivity contribution in [1.82, 2.24) is 10.4 Å². The molecular formula is C16H26N2O5S2. The maximum Gasteiger partial charge on any atom is 0.333 e. The third-order valence-corrected chi connectivity index (χ3v) is 5.97. The summed E-state index contributed by atoms with van der Waals surface area (Å²) in [7, 11) is 3.51. The summed E-state index contributed by atoms with van der Waals surface area (Å²) in [6.07, 6.45) is 4.14. The van der Waals surface area contributed by atoms with E-state index in [-0.39, 0.29) is 25.2 Å². The first-order chi connectivity index (χ1) is 12.0. The first-order valence-corrected chi connectivity index (χ1v) is 11.1. The average Bonchev–Trinajstić information content (AvgIpc) is 2.89. The summed E-state index contributed by atoms with van der Waals surface area (Å²) in [5, 5.41) is 3.43. The molecular weight excluding hydrogens is 364 g/mol. The predicted molar refractivity (Wildman–Crippen MR) is 98.5 cm³/mol. The number of imide groups is 1. The van der Waals surface area contributed by atoms with Crippen LogP contribution >= 0.6 is 21.6 Å². The Kier molecular flexibility index (Phi) is 11.4. The zero-order valence-corrected chi connectivity index (χ0v) is 16.2. The van der Waals surface area contributed by atoms with Gasteiger partial charge in [0.25, 0.3) is 11.8 Å². The summed E-state index contributed by atoms with van der Waals surface area (Å²) in [6, 6.07) is 0. The Morgan fingerprint density at radius 1 is 1.04 bits per heavy atom. The van der Waals surface area contributed by atoms with Gasteiger partial charge in [-0.15, -0.1) is 5.06 Å². The lowest BCUT2D eigenvalue weighted by molar-refractivity contribution is -0.197. The molecule has 0 aromatic heterocycles. The second-order valence-corrected chi connectivity index (χ2v) is 8.30. The Labute approximate surface area is 156 Å². The van der Waals surface area contributed by atoms with Crippen molar-refractivity contribution >= 4 is 45.3 Å². The van der Waals surface area contributed by atoms with Crippen LogP contribution in [0, 0.1) is 0 Å². The molecule has 25 heavy (non-hydrogen) atoms. The number of nitrogens with one attached hydrogen (secondary N) is 1. The number of hydroxylamine groups is 2. The minimum absolute atomic E-state index is 0.0510. The highest BCUT2D eigenvalue weighted by Crippen LogP contribution is 2.22. The van der Waals surface area contributed by atoms with Gasteiger partial charge in [-0.3, -0.25) is 14.4 Å².